The molecule has 0 aliphatic rings. The van der Waals surface area contributed by atoms with Crippen molar-refractivity contribution in [2.75, 3.05) is 7.05 Å². The molecule has 0 spiro atoms. The van der Waals surface area contributed by atoms with Crippen LogP contribution in [0.5, 0.6) is 0 Å². The fourth-order valence-corrected chi connectivity index (χ4v) is 3.19. The summed E-state index contributed by atoms with van der Waals surface area (Å²) in [5.74, 6) is 1.13. The van der Waals surface area contributed by atoms with E-state index < -0.39 is 0 Å². The van der Waals surface area contributed by atoms with Crippen molar-refractivity contribution in [1.82, 2.24) is 10.3 Å². The van der Waals surface area contributed by atoms with Gasteiger partial charge in [0.15, 0.2) is 0 Å². The lowest BCUT2D eigenvalue weighted by molar-refractivity contribution is 0.0967. The highest BCUT2D eigenvalue weighted by atomic mass is 35.5. The summed E-state index contributed by atoms with van der Waals surface area (Å²) in [6, 6.07) is 9.05. The summed E-state index contributed by atoms with van der Waals surface area (Å²) in [4.78, 5) is 16.3. The van der Waals surface area contributed by atoms with Crippen LogP contribution in [-0.2, 0) is 0 Å². The van der Waals surface area contributed by atoms with Crippen molar-refractivity contribution in [3.05, 3.63) is 62.2 Å². The molecule has 0 aliphatic heterocycles. The van der Waals surface area contributed by atoms with Gasteiger partial charge in [-0.15, -0.1) is 11.3 Å². The van der Waals surface area contributed by atoms with Crippen LogP contribution in [0.25, 0.3) is 23.5 Å². The van der Waals surface area contributed by atoms with E-state index in [1.165, 1.54) is 11.3 Å². The quantitative estimate of drug-likeness (QED) is 0.675. The predicted octanol–water partition coefficient (Wildman–Crippen LogP) is 5.24. The number of carbonyl (C=O) groups is 1. The fraction of sp³-hybridized carbons (Fsp3) is 0.0588. The van der Waals surface area contributed by atoms with Crippen LogP contribution >= 0.6 is 34.5 Å². The van der Waals surface area contributed by atoms with Gasteiger partial charge in [-0.05, 0) is 36.4 Å². The summed E-state index contributed by atoms with van der Waals surface area (Å²) in [6.07, 6.45) is 5.12. The first kappa shape index (κ1) is 16.8. The first-order chi connectivity index (χ1) is 11.6. The number of hydrogen-bond acceptors (Lipinski definition) is 4. The molecule has 122 valence electrons. The van der Waals surface area contributed by atoms with E-state index in [4.69, 9.17) is 27.6 Å². The van der Waals surface area contributed by atoms with Crippen molar-refractivity contribution in [2.45, 2.75) is 0 Å². The molecule has 1 aromatic carbocycles. The number of halogens is 2. The Morgan fingerprint density at radius 3 is 2.88 bits per heavy atom. The molecular formula is C17H12Cl2N2O2S. The molecule has 2 heterocycles. The first-order valence-corrected chi connectivity index (χ1v) is 8.56. The topological polar surface area (TPSA) is 55.1 Å². The molecule has 4 nitrogen and oxygen atoms in total. The Bertz CT molecular complexity index is 915. The Morgan fingerprint density at radius 1 is 1.25 bits per heavy atom. The number of aromatic nitrogens is 1. The summed E-state index contributed by atoms with van der Waals surface area (Å²) in [7, 11) is 1.59. The minimum Gasteiger partial charge on any atom is -0.457 e. The van der Waals surface area contributed by atoms with Crippen molar-refractivity contribution < 1.29 is 9.21 Å². The smallest absolute Gasteiger partial charge is 0.262 e. The Morgan fingerprint density at radius 2 is 2.08 bits per heavy atom. The van der Waals surface area contributed by atoms with E-state index >= 15 is 0 Å². The Kier molecular flexibility index (Phi) is 5.04. The van der Waals surface area contributed by atoms with Gasteiger partial charge in [-0.25, -0.2) is 4.98 Å². The maximum absolute atomic E-state index is 11.5. The van der Waals surface area contributed by atoms with E-state index in [9.17, 15) is 4.79 Å². The van der Waals surface area contributed by atoms with Gasteiger partial charge in [-0.1, -0.05) is 29.3 Å². The lowest BCUT2D eigenvalue weighted by Gasteiger charge is -2.01. The van der Waals surface area contributed by atoms with Crippen molar-refractivity contribution in [3.63, 3.8) is 0 Å². The van der Waals surface area contributed by atoms with E-state index in [1.54, 1.807) is 31.5 Å². The zero-order valence-corrected chi connectivity index (χ0v) is 14.9. The second-order valence-corrected chi connectivity index (χ2v) is 6.63. The number of furan rings is 1. The standard InChI is InChI=1S/C17H12Cl2N2O2S/c1-20-17(22)14-9-21-15(24-14)8-6-10-5-7-13(23-10)11-3-2-4-12(18)16(11)19/h2-9H,1H3,(H,20,22). The Labute approximate surface area is 152 Å². The molecule has 0 saturated carbocycles. The molecule has 0 fully saturated rings. The molecule has 3 rings (SSSR count). The van der Waals surface area contributed by atoms with Crippen LogP contribution in [0, 0.1) is 0 Å². The number of carbonyl (C=O) groups excluding carboxylic acids is 1. The minimum absolute atomic E-state index is 0.150. The second-order valence-electron chi connectivity index (χ2n) is 4.78. The molecule has 1 N–H and O–H groups in total. The lowest BCUT2D eigenvalue weighted by atomic mass is 10.2. The molecule has 0 atom stereocenters. The van der Waals surface area contributed by atoms with Gasteiger partial charge in [0.25, 0.3) is 5.91 Å². The minimum atomic E-state index is -0.150. The van der Waals surface area contributed by atoms with Crippen molar-refractivity contribution in [1.29, 1.82) is 0 Å². The third kappa shape index (κ3) is 3.53. The van der Waals surface area contributed by atoms with E-state index in [0.717, 1.165) is 5.56 Å². The average Bonchev–Trinajstić information content (AvgIpc) is 3.24. The van der Waals surface area contributed by atoms with Crippen molar-refractivity contribution in [3.8, 4) is 11.3 Å². The second kappa shape index (κ2) is 7.21. The molecule has 24 heavy (non-hydrogen) atoms. The number of amides is 1. The van der Waals surface area contributed by atoms with Crippen LogP contribution in [0.4, 0.5) is 0 Å². The van der Waals surface area contributed by atoms with E-state index in [0.29, 0.717) is 31.5 Å². The normalized spacial score (nSPS) is 11.1. The van der Waals surface area contributed by atoms with Gasteiger partial charge in [-0.2, -0.15) is 0 Å². The van der Waals surface area contributed by atoms with Crippen molar-refractivity contribution in [2.24, 2.45) is 0 Å². The highest BCUT2D eigenvalue weighted by Crippen LogP contribution is 2.34. The Balaban J connectivity index is 1.80. The SMILES string of the molecule is CNC(=O)c1cnc(C=Cc2ccc(-c3cccc(Cl)c3Cl)o2)s1. The first-order valence-electron chi connectivity index (χ1n) is 6.98. The predicted molar refractivity (Wildman–Crippen MR) is 98.6 cm³/mol. The summed E-state index contributed by atoms with van der Waals surface area (Å²) in [5.41, 5.74) is 0.736. The maximum atomic E-state index is 11.5. The van der Waals surface area contributed by atoms with Crippen LogP contribution < -0.4 is 5.32 Å². The van der Waals surface area contributed by atoms with Gasteiger partial charge in [0.2, 0.25) is 0 Å². The number of nitrogens with zero attached hydrogens (tertiary/aromatic N) is 1. The molecule has 0 unspecified atom stereocenters. The van der Waals surface area contributed by atoms with Crippen LogP contribution in [0.2, 0.25) is 10.0 Å². The maximum Gasteiger partial charge on any atom is 0.262 e. The third-order valence-electron chi connectivity index (χ3n) is 3.21. The zero-order chi connectivity index (χ0) is 17.1. The number of benzene rings is 1. The molecule has 0 bridgehead atoms. The summed E-state index contributed by atoms with van der Waals surface area (Å²) in [5, 5.41) is 4.22. The van der Waals surface area contributed by atoms with Gasteiger partial charge in [-0.3, -0.25) is 4.79 Å². The van der Waals surface area contributed by atoms with Gasteiger partial charge >= 0.3 is 0 Å². The number of rotatable bonds is 4. The summed E-state index contributed by atoms with van der Waals surface area (Å²) >= 11 is 13.5. The molecule has 7 heteroatoms. The Hall–Kier alpha value is -2.08. The summed E-state index contributed by atoms with van der Waals surface area (Å²) in [6.45, 7) is 0. The largest absolute Gasteiger partial charge is 0.457 e. The monoisotopic (exact) mass is 378 g/mol. The van der Waals surface area contributed by atoms with Gasteiger partial charge in [0, 0.05) is 12.6 Å². The zero-order valence-electron chi connectivity index (χ0n) is 12.5. The highest BCUT2D eigenvalue weighted by Gasteiger charge is 2.10. The molecular weight excluding hydrogens is 367 g/mol. The van der Waals surface area contributed by atoms with E-state index in [-0.39, 0.29) is 5.91 Å². The highest BCUT2D eigenvalue weighted by molar-refractivity contribution is 7.14. The molecule has 1 amide bonds. The molecule has 2 aromatic heterocycles. The molecule has 3 aromatic rings. The van der Waals surface area contributed by atoms with Gasteiger partial charge in [0.1, 0.15) is 21.4 Å². The number of hydrogen-bond donors (Lipinski definition) is 1. The van der Waals surface area contributed by atoms with E-state index in [2.05, 4.69) is 10.3 Å². The van der Waals surface area contributed by atoms with E-state index in [1.807, 2.05) is 24.3 Å². The van der Waals surface area contributed by atoms with Crippen LogP contribution in [-0.4, -0.2) is 17.9 Å². The number of nitrogens with one attached hydrogen (secondary N) is 1. The van der Waals surface area contributed by atoms with Gasteiger partial charge in [0.05, 0.1) is 16.2 Å². The van der Waals surface area contributed by atoms with Crippen LogP contribution in [0.15, 0.2) is 40.9 Å². The van der Waals surface area contributed by atoms with Crippen molar-refractivity contribution >= 4 is 52.6 Å². The van der Waals surface area contributed by atoms with Gasteiger partial charge < -0.3 is 9.73 Å². The summed E-state index contributed by atoms with van der Waals surface area (Å²) < 4.78 is 5.77. The van der Waals surface area contributed by atoms with Crippen LogP contribution in [0.1, 0.15) is 20.4 Å². The molecule has 0 saturated heterocycles. The molecule has 0 radical (unpaired) electrons. The lowest BCUT2D eigenvalue weighted by Crippen LogP contribution is -2.16. The molecule has 0 aliphatic carbocycles. The number of thiazole rings is 1. The van der Waals surface area contributed by atoms with Crippen LogP contribution in [0.3, 0.4) is 0 Å². The average molecular weight is 379 g/mol. The fourth-order valence-electron chi connectivity index (χ4n) is 2.03. The third-order valence-corrected chi connectivity index (χ3v) is 4.99.